The average molecular weight is 447 g/mol. The summed E-state index contributed by atoms with van der Waals surface area (Å²) in [6.07, 6.45) is 4.67. The van der Waals surface area contributed by atoms with E-state index in [4.69, 9.17) is 4.74 Å². The van der Waals surface area contributed by atoms with E-state index in [1.54, 1.807) is 30.5 Å². The summed E-state index contributed by atoms with van der Waals surface area (Å²) in [6, 6.07) is 19.9. The smallest absolute Gasteiger partial charge is 0.282 e. The standard InChI is InChI=1S/C24H22N4O3S/c1-18-7-3-4-8-22(18)19-10-11-20(26-15-19)17-28(21-12-13-23(31-2)27-16-21)32(29,30)24-9-5-6-14-25-24/h3-16H,17H2,1-2H3. The second-order valence-corrected chi connectivity index (χ2v) is 8.90. The van der Waals surface area contributed by atoms with Crippen LogP contribution in [0.25, 0.3) is 11.1 Å². The molecule has 0 aliphatic carbocycles. The SMILES string of the molecule is COc1ccc(N(Cc2ccc(-c3ccccc3C)cn2)S(=O)(=O)c2ccccn2)cn1. The number of sulfonamides is 1. The third kappa shape index (κ3) is 4.45. The van der Waals surface area contributed by atoms with Gasteiger partial charge in [-0.1, -0.05) is 36.4 Å². The second-order valence-electron chi connectivity index (χ2n) is 7.09. The normalized spacial score (nSPS) is 11.2. The number of aromatic nitrogens is 3. The molecule has 162 valence electrons. The minimum Gasteiger partial charge on any atom is -0.481 e. The molecular weight excluding hydrogens is 424 g/mol. The number of hydrogen-bond acceptors (Lipinski definition) is 6. The predicted octanol–water partition coefficient (Wildman–Crippen LogP) is 4.25. The fourth-order valence-electron chi connectivity index (χ4n) is 3.29. The van der Waals surface area contributed by atoms with Gasteiger partial charge in [0.25, 0.3) is 10.0 Å². The van der Waals surface area contributed by atoms with Crippen LogP contribution in [-0.4, -0.2) is 30.5 Å². The minimum absolute atomic E-state index is 0.0287. The van der Waals surface area contributed by atoms with Crippen molar-refractivity contribution in [1.82, 2.24) is 15.0 Å². The van der Waals surface area contributed by atoms with Crippen molar-refractivity contribution in [2.24, 2.45) is 0 Å². The van der Waals surface area contributed by atoms with Crippen molar-refractivity contribution in [3.05, 3.63) is 96.6 Å². The summed E-state index contributed by atoms with van der Waals surface area (Å²) < 4.78 is 33.1. The molecule has 0 aliphatic rings. The Morgan fingerprint density at radius 2 is 1.69 bits per heavy atom. The molecular formula is C24H22N4O3S. The maximum atomic E-state index is 13.4. The minimum atomic E-state index is -3.94. The van der Waals surface area contributed by atoms with Gasteiger partial charge in [-0.05, 0) is 42.3 Å². The molecule has 0 unspecified atom stereocenters. The summed E-state index contributed by atoms with van der Waals surface area (Å²) in [7, 11) is -2.44. The van der Waals surface area contributed by atoms with Crippen LogP contribution in [0.4, 0.5) is 5.69 Å². The lowest BCUT2D eigenvalue weighted by atomic mass is 10.0. The molecule has 0 spiro atoms. The largest absolute Gasteiger partial charge is 0.481 e. The number of nitrogens with zero attached hydrogens (tertiary/aromatic N) is 4. The fourth-order valence-corrected chi connectivity index (χ4v) is 4.65. The molecule has 0 fully saturated rings. The Hall–Kier alpha value is -3.78. The maximum Gasteiger partial charge on any atom is 0.282 e. The molecule has 7 nitrogen and oxygen atoms in total. The molecule has 8 heteroatoms. The van der Waals surface area contributed by atoms with Crippen molar-refractivity contribution in [3.8, 4) is 17.0 Å². The first-order chi connectivity index (χ1) is 15.5. The van der Waals surface area contributed by atoms with Crippen molar-refractivity contribution < 1.29 is 13.2 Å². The lowest BCUT2D eigenvalue weighted by Crippen LogP contribution is -2.31. The third-order valence-corrected chi connectivity index (χ3v) is 6.69. The summed E-state index contributed by atoms with van der Waals surface area (Å²) in [5.74, 6) is 0.393. The Morgan fingerprint density at radius 1 is 0.875 bits per heavy atom. The van der Waals surface area contributed by atoms with Crippen LogP contribution < -0.4 is 9.04 Å². The Bertz CT molecular complexity index is 1290. The van der Waals surface area contributed by atoms with Gasteiger partial charge in [0, 0.05) is 24.0 Å². The first kappa shape index (κ1) is 21.5. The second kappa shape index (κ2) is 9.15. The first-order valence-electron chi connectivity index (χ1n) is 9.94. The quantitative estimate of drug-likeness (QED) is 0.422. The Labute approximate surface area is 187 Å². The zero-order valence-electron chi connectivity index (χ0n) is 17.7. The number of aryl methyl sites for hydroxylation is 1. The molecule has 0 saturated heterocycles. The van der Waals surface area contributed by atoms with Crippen LogP contribution >= 0.6 is 0 Å². The molecule has 0 saturated carbocycles. The van der Waals surface area contributed by atoms with Crippen LogP contribution in [0.15, 0.2) is 90.3 Å². The first-order valence-corrected chi connectivity index (χ1v) is 11.4. The van der Waals surface area contributed by atoms with Crippen LogP contribution in [0, 0.1) is 6.92 Å². The van der Waals surface area contributed by atoms with Gasteiger partial charge in [0.1, 0.15) is 0 Å². The van der Waals surface area contributed by atoms with Gasteiger partial charge in [0.2, 0.25) is 5.88 Å². The highest BCUT2D eigenvalue weighted by Gasteiger charge is 2.27. The van der Waals surface area contributed by atoms with E-state index in [-0.39, 0.29) is 11.6 Å². The van der Waals surface area contributed by atoms with Crippen molar-refractivity contribution in [2.45, 2.75) is 18.5 Å². The van der Waals surface area contributed by atoms with Gasteiger partial charge in [0.05, 0.1) is 31.2 Å². The Kier molecular flexibility index (Phi) is 6.13. The summed E-state index contributed by atoms with van der Waals surface area (Å²) in [5, 5.41) is -0.0488. The van der Waals surface area contributed by atoms with E-state index >= 15 is 0 Å². The van der Waals surface area contributed by atoms with Crippen molar-refractivity contribution >= 4 is 15.7 Å². The van der Waals surface area contributed by atoms with Crippen LogP contribution in [-0.2, 0) is 16.6 Å². The molecule has 32 heavy (non-hydrogen) atoms. The molecule has 0 bridgehead atoms. The van der Waals surface area contributed by atoms with E-state index in [1.165, 1.54) is 29.9 Å². The number of benzene rings is 1. The summed E-state index contributed by atoms with van der Waals surface area (Å²) in [4.78, 5) is 12.7. The summed E-state index contributed by atoms with van der Waals surface area (Å²) in [6.45, 7) is 2.07. The van der Waals surface area contributed by atoms with E-state index in [0.29, 0.717) is 17.3 Å². The van der Waals surface area contributed by atoms with Crippen LogP contribution in [0.5, 0.6) is 5.88 Å². The lowest BCUT2D eigenvalue weighted by molar-refractivity contribution is 0.398. The number of anilines is 1. The van der Waals surface area contributed by atoms with Gasteiger partial charge in [-0.25, -0.2) is 9.97 Å². The molecule has 3 heterocycles. The Balaban J connectivity index is 1.70. The number of rotatable bonds is 7. The van der Waals surface area contributed by atoms with Gasteiger partial charge in [-0.3, -0.25) is 9.29 Å². The van der Waals surface area contributed by atoms with E-state index in [2.05, 4.69) is 15.0 Å². The third-order valence-electron chi connectivity index (χ3n) is 5.00. The molecule has 0 atom stereocenters. The van der Waals surface area contributed by atoms with E-state index in [9.17, 15) is 8.42 Å². The van der Waals surface area contributed by atoms with Crippen LogP contribution in [0.1, 0.15) is 11.3 Å². The van der Waals surface area contributed by atoms with E-state index in [1.807, 2.05) is 43.3 Å². The summed E-state index contributed by atoms with van der Waals surface area (Å²) >= 11 is 0. The van der Waals surface area contributed by atoms with Gasteiger partial charge in [0.15, 0.2) is 5.03 Å². The highest BCUT2D eigenvalue weighted by atomic mass is 32.2. The van der Waals surface area contributed by atoms with Crippen LogP contribution in [0.2, 0.25) is 0 Å². The number of pyridine rings is 3. The molecule has 0 N–H and O–H groups in total. The monoisotopic (exact) mass is 446 g/mol. The highest BCUT2D eigenvalue weighted by Crippen LogP contribution is 2.27. The van der Waals surface area contributed by atoms with Crippen molar-refractivity contribution in [3.63, 3.8) is 0 Å². The van der Waals surface area contributed by atoms with Crippen LogP contribution in [0.3, 0.4) is 0 Å². The zero-order chi connectivity index (χ0) is 22.6. The molecule has 4 aromatic rings. The Morgan fingerprint density at radius 3 is 2.31 bits per heavy atom. The predicted molar refractivity (Wildman–Crippen MR) is 123 cm³/mol. The van der Waals surface area contributed by atoms with Gasteiger partial charge < -0.3 is 4.74 Å². The number of methoxy groups -OCH3 is 1. The molecule has 1 aromatic carbocycles. The molecule has 3 aromatic heterocycles. The fraction of sp³-hybridized carbons (Fsp3) is 0.125. The summed E-state index contributed by atoms with van der Waals surface area (Å²) in [5.41, 5.74) is 4.19. The van der Waals surface area contributed by atoms with E-state index in [0.717, 1.165) is 16.7 Å². The molecule has 0 amide bonds. The van der Waals surface area contributed by atoms with Crippen molar-refractivity contribution in [2.75, 3.05) is 11.4 Å². The number of hydrogen-bond donors (Lipinski definition) is 0. The molecule has 0 aliphatic heterocycles. The highest BCUT2D eigenvalue weighted by molar-refractivity contribution is 7.92. The maximum absolute atomic E-state index is 13.4. The lowest BCUT2D eigenvalue weighted by Gasteiger charge is -2.23. The van der Waals surface area contributed by atoms with Gasteiger partial charge >= 0.3 is 0 Å². The van der Waals surface area contributed by atoms with Gasteiger partial charge in [-0.15, -0.1) is 0 Å². The van der Waals surface area contributed by atoms with Gasteiger partial charge in [-0.2, -0.15) is 8.42 Å². The molecule has 4 rings (SSSR count). The zero-order valence-corrected chi connectivity index (χ0v) is 18.5. The average Bonchev–Trinajstić information content (AvgIpc) is 2.84. The van der Waals surface area contributed by atoms with Crippen molar-refractivity contribution in [1.29, 1.82) is 0 Å². The number of ether oxygens (including phenoxy) is 1. The van der Waals surface area contributed by atoms with E-state index < -0.39 is 10.0 Å². The topological polar surface area (TPSA) is 85.3 Å². The molecule has 0 radical (unpaired) electrons.